The number of aromatic nitrogens is 1. The van der Waals surface area contributed by atoms with E-state index in [1.807, 2.05) is 0 Å². The van der Waals surface area contributed by atoms with Gasteiger partial charge in [-0.05, 0) is 25.0 Å². The van der Waals surface area contributed by atoms with Crippen molar-refractivity contribution in [3.8, 4) is 5.75 Å². The van der Waals surface area contributed by atoms with Crippen LogP contribution in [-0.2, 0) is 16.1 Å². The second-order valence-electron chi connectivity index (χ2n) is 6.65. The summed E-state index contributed by atoms with van der Waals surface area (Å²) in [6, 6.07) is 3.25. The van der Waals surface area contributed by atoms with Gasteiger partial charge in [0.15, 0.2) is 5.75 Å². The van der Waals surface area contributed by atoms with Crippen molar-refractivity contribution in [2.75, 3.05) is 33.8 Å². The van der Waals surface area contributed by atoms with Gasteiger partial charge in [-0.25, -0.2) is 4.79 Å². The summed E-state index contributed by atoms with van der Waals surface area (Å²) in [6.45, 7) is 1.64. The second-order valence-corrected chi connectivity index (χ2v) is 6.65. The minimum Gasteiger partial charge on any atom is -0.491 e. The lowest BCUT2D eigenvalue weighted by atomic mass is 9.95. The number of carbonyl (C=O) groups excluding carboxylic acids is 2. The predicted molar refractivity (Wildman–Crippen MR) is 89.5 cm³/mol. The van der Waals surface area contributed by atoms with Gasteiger partial charge in [0.05, 0.1) is 13.7 Å². The maximum Gasteiger partial charge on any atom is 0.410 e. The molecule has 2 saturated heterocycles. The van der Waals surface area contributed by atoms with E-state index < -0.39 is 5.60 Å². The Morgan fingerprint density at radius 3 is 2.80 bits per heavy atom. The van der Waals surface area contributed by atoms with Crippen molar-refractivity contribution in [2.45, 2.75) is 31.4 Å². The lowest BCUT2D eigenvalue weighted by Gasteiger charge is -2.25. The van der Waals surface area contributed by atoms with E-state index in [2.05, 4.69) is 0 Å². The van der Waals surface area contributed by atoms with Gasteiger partial charge in [-0.3, -0.25) is 9.59 Å². The van der Waals surface area contributed by atoms with E-state index in [4.69, 9.17) is 9.47 Å². The number of pyridine rings is 1. The van der Waals surface area contributed by atoms with Crippen LogP contribution in [0.15, 0.2) is 23.1 Å². The Morgan fingerprint density at radius 1 is 1.32 bits per heavy atom. The summed E-state index contributed by atoms with van der Waals surface area (Å²) in [6.07, 6.45) is 3.39. The average Bonchev–Trinajstić information content (AvgIpc) is 2.74. The maximum atomic E-state index is 12.6. The Balaban J connectivity index is 1.66. The molecule has 1 spiro atoms. The van der Waals surface area contributed by atoms with Crippen LogP contribution in [0.2, 0.25) is 0 Å². The normalized spacial score (nSPS) is 23.5. The molecule has 1 aromatic heterocycles. The summed E-state index contributed by atoms with van der Waals surface area (Å²) in [7, 11) is 3.15. The van der Waals surface area contributed by atoms with Gasteiger partial charge in [0.2, 0.25) is 5.91 Å². The number of carbonyl (C=O) groups is 2. The Kier molecular flexibility index (Phi) is 4.69. The molecule has 0 N–H and O–H groups in total. The molecule has 2 amide bonds. The number of likely N-dealkylation sites (tertiary alicyclic amines) is 1. The van der Waals surface area contributed by atoms with Crippen molar-refractivity contribution in [3.05, 3.63) is 28.7 Å². The Labute approximate surface area is 145 Å². The molecule has 0 radical (unpaired) electrons. The molecule has 2 fully saturated rings. The molecule has 3 rings (SSSR count). The van der Waals surface area contributed by atoms with Crippen LogP contribution in [0.5, 0.6) is 5.75 Å². The molecule has 1 atom stereocenters. The van der Waals surface area contributed by atoms with Crippen LogP contribution in [0, 0.1) is 0 Å². The molecule has 8 nitrogen and oxygen atoms in total. The first-order valence-corrected chi connectivity index (χ1v) is 8.39. The van der Waals surface area contributed by atoms with E-state index >= 15 is 0 Å². The van der Waals surface area contributed by atoms with Gasteiger partial charge < -0.3 is 23.8 Å². The van der Waals surface area contributed by atoms with Gasteiger partial charge in [0.25, 0.3) is 5.56 Å². The van der Waals surface area contributed by atoms with Crippen LogP contribution in [0.4, 0.5) is 4.79 Å². The number of nitrogens with zero attached hydrogens (tertiary/aromatic N) is 3. The zero-order valence-corrected chi connectivity index (χ0v) is 14.6. The molecule has 136 valence electrons. The SMILES string of the molecule is COc1cccn(CC(=O)N2CCC[C@@]3(CC2)CN(C)C(=O)O3)c1=O. The molecule has 2 aliphatic rings. The molecule has 0 aliphatic carbocycles. The molecular weight excluding hydrogens is 326 g/mol. The fourth-order valence-electron chi connectivity index (χ4n) is 3.51. The van der Waals surface area contributed by atoms with E-state index in [0.29, 0.717) is 26.1 Å². The highest BCUT2D eigenvalue weighted by molar-refractivity contribution is 5.76. The lowest BCUT2D eigenvalue weighted by Crippen LogP contribution is -2.39. The van der Waals surface area contributed by atoms with Gasteiger partial charge in [0, 0.05) is 32.8 Å². The third kappa shape index (κ3) is 3.47. The van der Waals surface area contributed by atoms with Gasteiger partial charge in [-0.1, -0.05) is 0 Å². The molecule has 0 aromatic carbocycles. The largest absolute Gasteiger partial charge is 0.491 e. The highest BCUT2D eigenvalue weighted by Crippen LogP contribution is 2.32. The summed E-state index contributed by atoms with van der Waals surface area (Å²) < 4.78 is 11.9. The van der Waals surface area contributed by atoms with E-state index in [1.54, 1.807) is 35.2 Å². The number of amides is 2. The third-order valence-corrected chi connectivity index (χ3v) is 4.90. The standard InChI is InChI=1S/C17H23N3O5/c1-18-12-17(25-16(18)23)6-4-9-19(10-7-17)14(21)11-20-8-3-5-13(24-2)15(20)22/h3,5,8H,4,6-7,9-12H2,1-2H3/t17-/m1/s1. The number of methoxy groups -OCH3 is 1. The van der Waals surface area contributed by atoms with Crippen LogP contribution in [-0.4, -0.2) is 65.8 Å². The van der Waals surface area contributed by atoms with Crippen LogP contribution in [0.3, 0.4) is 0 Å². The minimum absolute atomic E-state index is 0.0251. The summed E-state index contributed by atoms with van der Waals surface area (Å²) in [5.74, 6) is 0.0936. The first kappa shape index (κ1) is 17.3. The summed E-state index contributed by atoms with van der Waals surface area (Å²) >= 11 is 0. The number of ether oxygens (including phenoxy) is 2. The third-order valence-electron chi connectivity index (χ3n) is 4.90. The van der Waals surface area contributed by atoms with Crippen LogP contribution < -0.4 is 10.3 Å². The fraction of sp³-hybridized carbons (Fsp3) is 0.588. The second kappa shape index (κ2) is 6.78. The molecule has 0 bridgehead atoms. The minimum atomic E-state index is -0.492. The Hall–Kier alpha value is -2.51. The van der Waals surface area contributed by atoms with E-state index in [-0.39, 0.29) is 29.9 Å². The van der Waals surface area contributed by atoms with E-state index in [0.717, 1.165) is 12.8 Å². The van der Waals surface area contributed by atoms with E-state index in [1.165, 1.54) is 11.7 Å². The lowest BCUT2D eigenvalue weighted by molar-refractivity contribution is -0.132. The summed E-state index contributed by atoms with van der Waals surface area (Å²) in [5.41, 5.74) is -0.816. The van der Waals surface area contributed by atoms with Crippen molar-refractivity contribution in [1.29, 1.82) is 0 Å². The zero-order valence-electron chi connectivity index (χ0n) is 14.6. The molecule has 25 heavy (non-hydrogen) atoms. The average molecular weight is 349 g/mol. The van der Waals surface area contributed by atoms with Crippen molar-refractivity contribution in [1.82, 2.24) is 14.4 Å². The Morgan fingerprint density at radius 2 is 2.12 bits per heavy atom. The highest BCUT2D eigenvalue weighted by atomic mass is 16.6. The first-order chi connectivity index (χ1) is 11.9. The van der Waals surface area contributed by atoms with Gasteiger partial charge in [0.1, 0.15) is 12.1 Å². The monoisotopic (exact) mass is 349 g/mol. The molecule has 8 heteroatoms. The molecule has 0 unspecified atom stereocenters. The van der Waals surface area contributed by atoms with Crippen molar-refractivity contribution >= 4 is 12.0 Å². The fourth-order valence-corrected chi connectivity index (χ4v) is 3.51. The van der Waals surface area contributed by atoms with Crippen molar-refractivity contribution in [3.63, 3.8) is 0 Å². The molecular formula is C17H23N3O5. The molecule has 2 aliphatic heterocycles. The van der Waals surface area contributed by atoms with E-state index in [9.17, 15) is 14.4 Å². The first-order valence-electron chi connectivity index (χ1n) is 8.39. The highest BCUT2D eigenvalue weighted by Gasteiger charge is 2.44. The zero-order chi connectivity index (χ0) is 18.0. The van der Waals surface area contributed by atoms with Crippen LogP contribution in [0.25, 0.3) is 0 Å². The number of rotatable bonds is 3. The van der Waals surface area contributed by atoms with Gasteiger partial charge in [-0.2, -0.15) is 0 Å². The molecule has 0 saturated carbocycles. The Bertz CT molecular complexity index is 731. The summed E-state index contributed by atoms with van der Waals surface area (Å²) in [4.78, 5) is 39.8. The van der Waals surface area contributed by atoms with Crippen molar-refractivity contribution < 1.29 is 19.1 Å². The predicted octanol–water partition coefficient (Wildman–Crippen LogP) is 0.690. The number of likely N-dealkylation sites (N-methyl/N-ethyl adjacent to an activating group) is 1. The van der Waals surface area contributed by atoms with Crippen molar-refractivity contribution in [2.24, 2.45) is 0 Å². The van der Waals surface area contributed by atoms with Crippen LogP contribution in [0.1, 0.15) is 19.3 Å². The van der Waals surface area contributed by atoms with Gasteiger partial charge >= 0.3 is 6.09 Å². The molecule has 3 heterocycles. The van der Waals surface area contributed by atoms with Crippen LogP contribution >= 0.6 is 0 Å². The quantitative estimate of drug-likeness (QED) is 0.802. The number of hydrogen-bond donors (Lipinski definition) is 0. The smallest absolute Gasteiger partial charge is 0.410 e. The van der Waals surface area contributed by atoms with Gasteiger partial charge in [-0.15, -0.1) is 0 Å². The molecule has 1 aromatic rings. The number of hydrogen-bond acceptors (Lipinski definition) is 5. The topological polar surface area (TPSA) is 81.1 Å². The summed E-state index contributed by atoms with van der Waals surface area (Å²) in [5, 5.41) is 0. The maximum absolute atomic E-state index is 12.6.